The summed E-state index contributed by atoms with van der Waals surface area (Å²) >= 11 is 0. The fourth-order valence-corrected chi connectivity index (χ4v) is 4.06. The summed E-state index contributed by atoms with van der Waals surface area (Å²) in [5.41, 5.74) is 2.68. The number of carbonyl (C=O) groups is 1. The minimum Gasteiger partial charge on any atom is -0.324 e. The Balaban J connectivity index is 1.42. The number of nitriles is 1. The number of carbonyl (C=O) groups excluding carboxylic acids is 1. The van der Waals surface area contributed by atoms with Crippen LogP contribution in [0.25, 0.3) is 11.0 Å². The van der Waals surface area contributed by atoms with Gasteiger partial charge >= 0.3 is 5.69 Å². The van der Waals surface area contributed by atoms with Crippen LogP contribution in [-0.2, 0) is 4.79 Å². The number of hydrogen-bond donors (Lipinski definition) is 2. The van der Waals surface area contributed by atoms with Gasteiger partial charge in [0.1, 0.15) is 6.07 Å². The molecule has 2 N–H and O–H groups in total. The summed E-state index contributed by atoms with van der Waals surface area (Å²) in [7, 11) is 0. The molecule has 1 aromatic heterocycles. The van der Waals surface area contributed by atoms with Crippen molar-refractivity contribution >= 4 is 22.6 Å². The van der Waals surface area contributed by atoms with Crippen LogP contribution in [-0.4, -0.2) is 39.5 Å². The number of likely N-dealkylation sites (tertiary alicyclic amines) is 1. The van der Waals surface area contributed by atoms with Crippen LogP contribution in [0.3, 0.4) is 0 Å². The van der Waals surface area contributed by atoms with Crippen LogP contribution < -0.4 is 11.0 Å². The first-order valence-corrected chi connectivity index (χ1v) is 9.82. The third-order valence-corrected chi connectivity index (χ3v) is 5.72. The molecule has 1 aliphatic heterocycles. The van der Waals surface area contributed by atoms with E-state index < -0.39 is 0 Å². The summed E-state index contributed by atoms with van der Waals surface area (Å²) in [4.78, 5) is 30.2. The van der Waals surface area contributed by atoms with Crippen LogP contribution in [0.15, 0.2) is 53.3 Å². The lowest BCUT2D eigenvalue weighted by Crippen LogP contribution is -2.47. The minimum absolute atomic E-state index is 0.0800. The second kappa shape index (κ2) is 7.94. The predicted octanol–water partition coefficient (Wildman–Crippen LogP) is 2.87. The molecular weight excluding hydrogens is 366 g/mol. The van der Waals surface area contributed by atoms with Crippen molar-refractivity contribution in [1.29, 1.82) is 5.26 Å². The van der Waals surface area contributed by atoms with Crippen LogP contribution in [0, 0.1) is 11.3 Å². The molecule has 3 aromatic rings. The Kier molecular flexibility index (Phi) is 5.19. The predicted molar refractivity (Wildman–Crippen MR) is 112 cm³/mol. The number of rotatable bonds is 4. The number of para-hydroxylation sites is 3. The van der Waals surface area contributed by atoms with E-state index in [9.17, 15) is 14.9 Å². The second-order valence-corrected chi connectivity index (χ2v) is 7.41. The number of aromatic amines is 1. The van der Waals surface area contributed by atoms with Crippen LogP contribution >= 0.6 is 0 Å². The molecule has 29 heavy (non-hydrogen) atoms. The van der Waals surface area contributed by atoms with Crippen molar-refractivity contribution in [2.24, 2.45) is 0 Å². The number of benzene rings is 2. The number of piperidine rings is 1. The molecule has 1 amide bonds. The van der Waals surface area contributed by atoms with E-state index in [0.29, 0.717) is 11.3 Å². The van der Waals surface area contributed by atoms with Crippen molar-refractivity contribution in [2.75, 3.05) is 18.4 Å². The number of hydrogen-bond acceptors (Lipinski definition) is 4. The average Bonchev–Trinajstić information content (AvgIpc) is 3.09. The van der Waals surface area contributed by atoms with Crippen molar-refractivity contribution in [2.45, 2.75) is 31.8 Å². The van der Waals surface area contributed by atoms with E-state index in [1.54, 1.807) is 24.3 Å². The standard InChI is InChI=1S/C22H23N5O2/c1-15(21(28)24-18-7-3-2-6-16(18)14-23)26-12-10-17(11-13-26)27-20-9-5-4-8-19(20)25-22(27)29/h2-9,15,17H,10-13H2,1H3,(H,24,28)(H,25,29). The second-order valence-electron chi connectivity index (χ2n) is 7.41. The molecule has 4 rings (SSSR count). The van der Waals surface area contributed by atoms with E-state index in [2.05, 4.69) is 21.3 Å². The van der Waals surface area contributed by atoms with Gasteiger partial charge in [-0.3, -0.25) is 14.3 Å². The zero-order chi connectivity index (χ0) is 20.4. The Morgan fingerprint density at radius 2 is 1.86 bits per heavy atom. The van der Waals surface area contributed by atoms with E-state index in [0.717, 1.165) is 37.0 Å². The number of fused-ring (bicyclic) bond motifs is 1. The highest BCUT2D eigenvalue weighted by Gasteiger charge is 2.29. The molecule has 0 radical (unpaired) electrons. The lowest BCUT2D eigenvalue weighted by atomic mass is 10.0. The molecule has 2 aromatic carbocycles. The fraction of sp³-hybridized carbons (Fsp3) is 0.318. The van der Waals surface area contributed by atoms with Gasteiger partial charge in [0.05, 0.1) is 28.3 Å². The van der Waals surface area contributed by atoms with E-state index in [1.165, 1.54) is 0 Å². The quantitative estimate of drug-likeness (QED) is 0.717. The zero-order valence-corrected chi connectivity index (χ0v) is 16.3. The molecule has 2 heterocycles. The van der Waals surface area contributed by atoms with Crippen molar-refractivity contribution in [3.63, 3.8) is 0 Å². The Hall–Kier alpha value is -3.37. The first-order valence-electron chi connectivity index (χ1n) is 9.82. The molecule has 1 fully saturated rings. The number of amides is 1. The normalized spacial score (nSPS) is 16.4. The molecule has 148 valence electrons. The van der Waals surface area contributed by atoms with Gasteiger partial charge in [-0.05, 0) is 44.0 Å². The van der Waals surface area contributed by atoms with E-state index in [1.807, 2.05) is 35.8 Å². The number of aromatic nitrogens is 2. The Labute approximate surface area is 168 Å². The van der Waals surface area contributed by atoms with Crippen LogP contribution in [0.1, 0.15) is 31.4 Å². The third-order valence-electron chi connectivity index (χ3n) is 5.72. The maximum Gasteiger partial charge on any atom is 0.326 e. The van der Waals surface area contributed by atoms with Gasteiger partial charge in [0, 0.05) is 19.1 Å². The van der Waals surface area contributed by atoms with Crippen molar-refractivity contribution in [3.8, 4) is 6.07 Å². The Morgan fingerprint density at radius 1 is 1.17 bits per heavy atom. The largest absolute Gasteiger partial charge is 0.326 e. The topological polar surface area (TPSA) is 93.9 Å². The van der Waals surface area contributed by atoms with Gasteiger partial charge < -0.3 is 10.3 Å². The summed E-state index contributed by atoms with van der Waals surface area (Å²) in [6, 6.07) is 16.6. The lowest BCUT2D eigenvalue weighted by molar-refractivity contribution is -0.121. The maximum atomic E-state index is 12.7. The van der Waals surface area contributed by atoms with Crippen molar-refractivity contribution in [3.05, 3.63) is 64.6 Å². The van der Waals surface area contributed by atoms with Gasteiger partial charge in [0.15, 0.2) is 0 Å². The van der Waals surface area contributed by atoms with E-state index in [4.69, 9.17) is 0 Å². The number of imidazole rings is 1. The molecule has 0 spiro atoms. The van der Waals surface area contributed by atoms with Gasteiger partial charge in [-0.25, -0.2) is 4.79 Å². The molecule has 1 aliphatic rings. The molecule has 0 aliphatic carbocycles. The first kappa shape index (κ1) is 19.0. The molecular formula is C22H23N5O2. The molecule has 0 saturated carbocycles. The molecule has 1 atom stereocenters. The summed E-state index contributed by atoms with van der Waals surface area (Å²) in [5.74, 6) is -0.129. The Bertz CT molecular complexity index is 1130. The lowest BCUT2D eigenvalue weighted by Gasteiger charge is -2.35. The Morgan fingerprint density at radius 3 is 2.62 bits per heavy atom. The smallest absolute Gasteiger partial charge is 0.324 e. The monoisotopic (exact) mass is 389 g/mol. The highest BCUT2D eigenvalue weighted by Crippen LogP contribution is 2.26. The summed E-state index contributed by atoms with van der Waals surface area (Å²) < 4.78 is 1.85. The molecule has 7 heteroatoms. The summed E-state index contributed by atoms with van der Waals surface area (Å²) in [6.45, 7) is 3.33. The third kappa shape index (κ3) is 3.67. The number of H-pyrrole nitrogens is 1. The summed E-state index contributed by atoms with van der Waals surface area (Å²) in [6.07, 6.45) is 1.60. The van der Waals surface area contributed by atoms with Crippen LogP contribution in [0.4, 0.5) is 5.69 Å². The average molecular weight is 389 g/mol. The maximum absolute atomic E-state index is 12.7. The molecule has 1 saturated heterocycles. The first-order chi connectivity index (χ1) is 14.1. The van der Waals surface area contributed by atoms with Crippen molar-refractivity contribution < 1.29 is 4.79 Å². The number of nitrogens with zero attached hydrogens (tertiary/aromatic N) is 3. The SMILES string of the molecule is CC(C(=O)Nc1ccccc1C#N)N1CCC(n2c(=O)[nH]c3ccccc32)CC1. The minimum atomic E-state index is -0.317. The molecule has 0 bridgehead atoms. The van der Waals surface area contributed by atoms with Gasteiger partial charge in [0.2, 0.25) is 5.91 Å². The van der Waals surface area contributed by atoms with E-state index in [-0.39, 0.29) is 23.7 Å². The van der Waals surface area contributed by atoms with Gasteiger partial charge in [0.25, 0.3) is 0 Å². The number of nitrogens with one attached hydrogen (secondary N) is 2. The summed E-state index contributed by atoms with van der Waals surface area (Å²) in [5, 5.41) is 12.1. The molecule has 1 unspecified atom stereocenters. The highest BCUT2D eigenvalue weighted by molar-refractivity contribution is 5.95. The highest BCUT2D eigenvalue weighted by atomic mass is 16.2. The van der Waals surface area contributed by atoms with E-state index >= 15 is 0 Å². The van der Waals surface area contributed by atoms with Gasteiger partial charge in [-0.1, -0.05) is 24.3 Å². The zero-order valence-electron chi connectivity index (χ0n) is 16.3. The number of anilines is 1. The van der Waals surface area contributed by atoms with Crippen molar-refractivity contribution in [1.82, 2.24) is 14.5 Å². The van der Waals surface area contributed by atoms with Gasteiger partial charge in [-0.2, -0.15) is 5.26 Å². The van der Waals surface area contributed by atoms with Gasteiger partial charge in [-0.15, -0.1) is 0 Å². The molecule has 7 nitrogen and oxygen atoms in total. The van der Waals surface area contributed by atoms with Crippen LogP contribution in [0.5, 0.6) is 0 Å². The fourth-order valence-electron chi connectivity index (χ4n) is 4.06. The van der Waals surface area contributed by atoms with Crippen LogP contribution in [0.2, 0.25) is 0 Å².